The third-order valence-electron chi connectivity index (χ3n) is 1.59. The van der Waals surface area contributed by atoms with Crippen LogP contribution in [0.15, 0.2) is 12.3 Å². The van der Waals surface area contributed by atoms with Crippen LogP contribution in [0.4, 0.5) is 19.0 Å². The number of aromatic nitrogens is 1. The zero-order chi connectivity index (χ0) is 12.3. The Hall–Kier alpha value is -1.90. The minimum Gasteiger partial charge on any atom is -0.405 e. The van der Waals surface area contributed by atoms with Crippen LogP contribution in [0.2, 0.25) is 0 Å². The van der Waals surface area contributed by atoms with Gasteiger partial charge in [-0.1, -0.05) is 0 Å². The summed E-state index contributed by atoms with van der Waals surface area (Å²) in [5.74, 6) is -1.46. The monoisotopic (exact) mass is 237 g/mol. The van der Waals surface area contributed by atoms with Crippen LogP contribution >= 0.6 is 0 Å². The van der Waals surface area contributed by atoms with Gasteiger partial charge in [0.2, 0.25) is 0 Å². The molecule has 6 nitrogen and oxygen atoms in total. The Balaban J connectivity index is 3.19. The molecule has 0 aliphatic heterocycles. The van der Waals surface area contributed by atoms with Gasteiger partial charge in [-0.3, -0.25) is 0 Å². The first-order chi connectivity index (χ1) is 7.35. The van der Waals surface area contributed by atoms with Crippen LogP contribution < -0.4 is 10.5 Å². The maximum Gasteiger partial charge on any atom is 0.573 e. The van der Waals surface area contributed by atoms with Crippen LogP contribution in [0.25, 0.3) is 0 Å². The number of nitro groups is 1. The number of halogens is 3. The fourth-order valence-corrected chi connectivity index (χ4v) is 1.03. The zero-order valence-corrected chi connectivity index (χ0v) is 7.69. The maximum absolute atomic E-state index is 11.9. The van der Waals surface area contributed by atoms with Gasteiger partial charge in [0, 0.05) is 12.6 Å². The largest absolute Gasteiger partial charge is 0.573 e. The molecular weight excluding hydrogens is 231 g/mol. The van der Waals surface area contributed by atoms with E-state index in [9.17, 15) is 23.3 Å². The van der Waals surface area contributed by atoms with Crippen molar-refractivity contribution >= 4 is 5.82 Å². The van der Waals surface area contributed by atoms with Gasteiger partial charge in [-0.05, 0) is 9.91 Å². The lowest BCUT2D eigenvalue weighted by molar-refractivity contribution is -0.390. The van der Waals surface area contributed by atoms with E-state index in [0.717, 1.165) is 12.3 Å². The molecule has 16 heavy (non-hydrogen) atoms. The van der Waals surface area contributed by atoms with Crippen LogP contribution in [-0.2, 0) is 6.54 Å². The van der Waals surface area contributed by atoms with Gasteiger partial charge in [-0.25, -0.2) is 0 Å². The maximum atomic E-state index is 11.9. The molecule has 1 aromatic heterocycles. The number of pyridine rings is 1. The topological polar surface area (TPSA) is 91.3 Å². The van der Waals surface area contributed by atoms with E-state index < -0.39 is 35.0 Å². The first kappa shape index (κ1) is 12.2. The van der Waals surface area contributed by atoms with E-state index in [2.05, 4.69) is 9.72 Å². The summed E-state index contributed by atoms with van der Waals surface area (Å²) < 4.78 is 39.4. The Morgan fingerprint density at radius 3 is 2.62 bits per heavy atom. The summed E-state index contributed by atoms with van der Waals surface area (Å²) in [6, 6.07) is 0.864. The molecule has 0 spiro atoms. The van der Waals surface area contributed by atoms with Crippen molar-refractivity contribution in [2.45, 2.75) is 12.9 Å². The third-order valence-corrected chi connectivity index (χ3v) is 1.59. The number of nitrogens with zero attached hydrogens (tertiary/aromatic N) is 2. The van der Waals surface area contributed by atoms with E-state index in [-0.39, 0.29) is 0 Å². The highest BCUT2D eigenvalue weighted by Gasteiger charge is 2.33. The molecule has 2 N–H and O–H groups in total. The van der Waals surface area contributed by atoms with Crippen LogP contribution in [-0.4, -0.2) is 16.3 Å². The summed E-state index contributed by atoms with van der Waals surface area (Å²) in [5, 5.41) is 10.4. The summed E-state index contributed by atoms with van der Waals surface area (Å²) in [6.07, 6.45) is -4.09. The molecule has 1 rings (SSSR count). The minimum atomic E-state index is -4.93. The third kappa shape index (κ3) is 2.79. The van der Waals surface area contributed by atoms with E-state index in [0.29, 0.717) is 0 Å². The van der Waals surface area contributed by atoms with Crippen molar-refractivity contribution in [1.82, 2.24) is 4.98 Å². The van der Waals surface area contributed by atoms with Gasteiger partial charge in [0.25, 0.3) is 0 Å². The van der Waals surface area contributed by atoms with E-state index in [4.69, 9.17) is 5.73 Å². The van der Waals surface area contributed by atoms with Crippen molar-refractivity contribution in [3.8, 4) is 5.75 Å². The zero-order valence-electron chi connectivity index (χ0n) is 7.69. The number of hydrogen-bond donors (Lipinski definition) is 1. The highest BCUT2D eigenvalue weighted by Crippen LogP contribution is 2.30. The van der Waals surface area contributed by atoms with Gasteiger partial charge in [-0.2, -0.15) is 0 Å². The van der Waals surface area contributed by atoms with Crippen molar-refractivity contribution in [2.24, 2.45) is 5.73 Å². The van der Waals surface area contributed by atoms with E-state index in [1.54, 1.807) is 0 Å². The highest BCUT2D eigenvalue weighted by atomic mass is 19.4. The van der Waals surface area contributed by atoms with Gasteiger partial charge >= 0.3 is 12.2 Å². The predicted octanol–water partition coefficient (Wildman–Crippen LogP) is 1.35. The van der Waals surface area contributed by atoms with Crippen LogP contribution in [0.1, 0.15) is 5.56 Å². The smallest absolute Gasteiger partial charge is 0.405 e. The lowest BCUT2D eigenvalue weighted by Gasteiger charge is -2.11. The van der Waals surface area contributed by atoms with Gasteiger partial charge in [0.15, 0.2) is 0 Å². The Kier molecular flexibility index (Phi) is 3.28. The molecule has 0 bridgehead atoms. The van der Waals surface area contributed by atoms with Crippen molar-refractivity contribution in [1.29, 1.82) is 0 Å². The lowest BCUT2D eigenvalue weighted by Crippen LogP contribution is -2.19. The summed E-state index contributed by atoms with van der Waals surface area (Å²) in [6.45, 7) is -0.477. The average molecular weight is 237 g/mol. The van der Waals surface area contributed by atoms with E-state index >= 15 is 0 Å². The van der Waals surface area contributed by atoms with Crippen molar-refractivity contribution < 1.29 is 22.8 Å². The number of hydrogen-bond acceptors (Lipinski definition) is 5. The molecule has 0 saturated carbocycles. The summed E-state index contributed by atoms with van der Waals surface area (Å²) >= 11 is 0. The molecule has 0 unspecified atom stereocenters. The highest BCUT2D eigenvalue weighted by molar-refractivity contribution is 5.43. The van der Waals surface area contributed by atoms with E-state index in [1.807, 2.05) is 0 Å². The number of rotatable bonds is 3. The van der Waals surface area contributed by atoms with Crippen molar-refractivity contribution in [3.63, 3.8) is 0 Å². The molecule has 1 heterocycles. The molecule has 0 fully saturated rings. The molecular formula is C7H6F3N3O3. The number of alkyl halides is 3. The fraction of sp³-hybridized carbons (Fsp3) is 0.286. The second-order valence-electron chi connectivity index (χ2n) is 2.62. The van der Waals surface area contributed by atoms with Gasteiger partial charge < -0.3 is 20.6 Å². The molecule has 0 saturated heterocycles. The fourth-order valence-electron chi connectivity index (χ4n) is 1.03. The van der Waals surface area contributed by atoms with Crippen LogP contribution in [0.3, 0.4) is 0 Å². The Morgan fingerprint density at radius 2 is 2.19 bits per heavy atom. The number of ether oxygens (including phenoxy) is 1. The normalized spacial score (nSPS) is 11.2. The molecule has 88 valence electrons. The summed E-state index contributed by atoms with van der Waals surface area (Å²) in [5.41, 5.74) is 4.72. The molecule has 0 aliphatic carbocycles. The van der Waals surface area contributed by atoms with Crippen molar-refractivity contribution in [2.75, 3.05) is 0 Å². The SMILES string of the molecule is NCc1c(OC(F)(F)F)ccnc1[N+](=O)[O-]. The van der Waals surface area contributed by atoms with E-state index in [1.165, 1.54) is 0 Å². The molecule has 0 aromatic carbocycles. The van der Waals surface area contributed by atoms with Gasteiger partial charge in [0.1, 0.15) is 17.5 Å². The molecule has 1 aromatic rings. The van der Waals surface area contributed by atoms with Crippen molar-refractivity contribution in [3.05, 3.63) is 27.9 Å². The second-order valence-corrected chi connectivity index (χ2v) is 2.62. The quantitative estimate of drug-likeness (QED) is 0.632. The lowest BCUT2D eigenvalue weighted by atomic mass is 10.2. The molecule has 0 aliphatic rings. The summed E-state index contributed by atoms with van der Waals surface area (Å²) in [7, 11) is 0. The Labute approximate surface area is 87.0 Å². The average Bonchev–Trinajstić information content (AvgIpc) is 2.14. The molecule has 0 atom stereocenters. The van der Waals surface area contributed by atoms with Gasteiger partial charge in [0.05, 0.1) is 0 Å². The van der Waals surface area contributed by atoms with Crippen LogP contribution in [0.5, 0.6) is 5.75 Å². The minimum absolute atomic E-state index is 0.398. The summed E-state index contributed by atoms with van der Waals surface area (Å²) in [4.78, 5) is 12.8. The standard InChI is InChI=1S/C7H6F3N3O3/c8-7(9,10)16-5-1-2-12-6(13(14)15)4(5)3-11/h1-2H,3,11H2. The van der Waals surface area contributed by atoms with Gasteiger partial charge in [-0.15, -0.1) is 13.2 Å². The first-order valence-corrected chi connectivity index (χ1v) is 3.93. The molecule has 0 radical (unpaired) electrons. The molecule has 9 heteroatoms. The predicted molar refractivity (Wildman–Crippen MR) is 45.5 cm³/mol. The van der Waals surface area contributed by atoms with Crippen LogP contribution in [0, 0.1) is 10.1 Å². The first-order valence-electron chi connectivity index (χ1n) is 3.93. The Morgan fingerprint density at radius 1 is 1.56 bits per heavy atom. The second kappa shape index (κ2) is 4.31. The Bertz CT molecular complexity index is 408. The number of nitrogens with two attached hydrogens (primary N) is 1. The molecule has 0 amide bonds.